The average Bonchev–Trinajstić information content (AvgIpc) is 0.919. The van der Waals surface area contributed by atoms with Gasteiger partial charge in [0.25, 0.3) is 0 Å². The fourth-order valence-electron chi connectivity index (χ4n) is 15.0. The lowest BCUT2D eigenvalue weighted by Gasteiger charge is -2.62. The number of piperazine rings is 2. The largest absolute Gasteiger partial charge is 0.492 e. The molecule has 0 aromatic carbocycles. The van der Waals surface area contributed by atoms with Gasteiger partial charge in [-0.15, -0.1) is 0 Å². The van der Waals surface area contributed by atoms with Crippen molar-refractivity contribution in [3.8, 4) is 12.1 Å². The molecular formula is C58H64N10O14. The molecule has 6 heterocycles. The number of hydrogen-bond donors (Lipinski definition) is 4. The number of ketones is 8. The summed E-state index contributed by atoms with van der Waals surface area (Å²) in [5, 5.41) is 31.6. The van der Waals surface area contributed by atoms with E-state index in [0.717, 1.165) is 0 Å². The molecule has 10 rings (SSSR count). The number of methoxy groups -OCH3 is 4. The smallest absolute Gasteiger partial charge is 0.236 e. The van der Waals surface area contributed by atoms with E-state index >= 15 is 9.59 Å². The Morgan fingerprint density at radius 3 is 1.35 bits per heavy atom. The predicted octanol–water partition coefficient (Wildman–Crippen LogP) is -1.16. The van der Waals surface area contributed by atoms with Gasteiger partial charge in [-0.1, -0.05) is 0 Å². The van der Waals surface area contributed by atoms with Crippen LogP contribution in [0.25, 0.3) is 0 Å². The molecule has 4 bridgehead atoms. The fourth-order valence-corrected chi connectivity index (χ4v) is 15.0. The zero-order valence-electron chi connectivity index (χ0n) is 47.5. The van der Waals surface area contributed by atoms with Gasteiger partial charge < -0.3 is 35.3 Å². The number of fused-ring (bicyclic) bond motifs is 10. The van der Waals surface area contributed by atoms with Crippen molar-refractivity contribution in [2.24, 2.45) is 5.73 Å². The summed E-state index contributed by atoms with van der Waals surface area (Å²) in [4.78, 5) is 152. The average molecular weight is 1130 g/mol. The normalized spacial score (nSPS) is 32.2. The Morgan fingerprint density at radius 2 is 0.915 bits per heavy atom. The van der Waals surface area contributed by atoms with Gasteiger partial charge in [-0.05, 0) is 74.9 Å². The van der Waals surface area contributed by atoms with Crippen LogP contribution in [0.15, 0.2) is 89.9 Å². The summed E-state index contributed by atoms with van der Waals surface area (Å²) in [6.45, 7) is 8.09. The Hall–Kier alpha value is -7.84. The lowest BCUT2D eigenvalue weighted by atomic mass is 9.66. The van der Waals surface area contributed by atoms with E-state index in [-0.39, 0.29) is 116 Å². The third-order valence-corrected chi connectivity index (χ3v) is 18.7. The van der Waals surface area contributed by atoms with Gasteiger partial charge in [0.05, 0.1) is 88.9 Å². The monoisotopic (exact) mass is 1120 g/mol. The van der Waals surface area contributed by atoms with Gasteiger partial charge >= 0.3 is 0 Å². The van der Waals surface area contributed by atoms with E-state index in [0.29, 0.717) is 0 Å². The lowest BCUT2D eigenvalue weighted by Crippen LogP contribution is -2.79. The van der Waals surface area contributed by atoms with Crippen LogP contribution in [-0.4, -0.2) is 212 Å². The number of hydrogen-bond acceptors (Lipinski definition) is 22. The molecule has 430 valence electrons. The molecule has 5 N–H and O–H groups in total. The highest BCUT2D eigenvalue weighted by molar-refractivity contribution is 6.28. The van der Waals surface area contributed by atoms with Crippen LogP contribution in [-0.2, 0) is 66.9 Å². The predicted molar refractivity (Wildman–Crippen MR) is 285 cm³/mol. The van der Waals surface area contributed by atoms with Crippen molar-refractivity contribution >= 4 is 58.1 Å². The van der Waals surface area contributed by atoms with Crippen molar-refractivity contribution in [3.05, 3.63) is 89.9 Å². The van der Waals surface area contributed by atoms with Crippen LogP contribution < -0.4 is 21.7 Å². The Kier molecular flexibility index (Phi) is 14.6. The number of nitrogens with one attached hydrogen (secondary N) is 3. The Balaban J connectivity index is 1.04. The van der Waals surface area contributed by atoms with Gasteiger partial charge in [0, 0.05) is 98.1 Å². The van der Waals surface area contributed by atoms with Crippen LogP contribution in [0, 0.1) is 22.7 Å². The lowest BCUT2D eigenvalue weighted by molar-refractivity contribution is -0.128. The molecule has 24 heteroatoms. The Morgan fingerprint density at radius 1 is 0.537 bits per heavy atom. The van der Waals surface area contributed by atoms with Crippen molar-refractivity contribution in [1.29, 1.82) is 10.5 Å². The zero-order chi connectivity index (χ0) is 59.7. The molecule has 0 saturated carbocycles. The van der Waals surface area contributed by atoms with Gasteiger partial charge in [-0.25, -0.2) is 0 Å². The summed E-state index contributed by atoms with van der Waals surface area (Å²) in [7, 11) is 8.45. The summed E-state index contributed by atoms with van der Waals surface area (Å²) in [5.41, 5.74) is 6.63. The molecular weight excluding hydrogens is 1060 g/mol. The van der Waals surface area contributed by atoms with Crippen LogP contribution in [0.3, 0.4) is 0 Å². The van der Waals surface area contributed by atoms with E-state index in [1.165, 1.54) is 70.0 Å². The summed E-state index contributed by atoms with van der Waals surface area (Å²) < 4.78 is 22.1. The summed E-state index contributed by atoms with van der Waals surface area (Å²) in [6, 6.07) is -9.12. The molecule has 2 amide bonds. The first-order valence-corrected chi connectivity index (χ1v) is 27.1. The van der Waals surface area contributed by atoms with Gasteiger partial charge in [0.2, 0.25) is 34.9 Å². The molecule has 2 saturated heterocycles. The molecule has 6 aliphatic heterocycles. The molecule has 0 aromatic rings. The molecule has 13 unspecified atom stereocenters. The first-order valence-electron chi connectivity index (χ1n) is 27.1. The molecule has 0 radical (unpaired) electrons. The number of carbonyl (C=O) groups excluding carboxylic acids is 10. The van der Waals surface area contributed by atoms with Gasteiger partial charge in [0.1, 0.15) is 12.1 Å². The number of carbonyl (C=O) groups is 10. The van der Waals surface area contributed by atoms with E-state index in [1.807, 2.05) is 4.90 Å². The van der Waals surface area contributed by atoms with Crippen molar-refractivity contribution in [2.45, 2.75) is 139 Å². The van der Waals surface area contributed by atoms with Gasteiger partial charge in [0.15, 0.2) is 46.2 Å². The van der Waals surface area contributed by atoms with Crippen LogP contribution in [0.2, 0.25) is 0 Å². The Labute approximate surface area is 472 Å². The highest BCUT2D eigenvalue weighted by Crippen LogP contribution is 2.51. The summed E-state index contributed by atoms with van der Waals surface area (Å²) in [6.07, 6.45) is -0.296. The molecule has 13 atom stereocenters. The number of likely N-dealkylation sites (N-methyl/N-ethyl adjacent to an activating group) is 2. The zero-order valence-corrected chi connectivity index (χ0v) is 47.5. The standard InChI is InChI=1S/C58H64N10O14/c1-20-45(69)26-14-30-42-38-28(47(71)22(3)55(81-11)51(38)75)13-29(65(42)7)32(16-59)67(30)34(36(26)49(73)53(20)79-9)19-63-58(78)25(6)64-41-39-40(52(76)56(82-12)23(4)48(39)72)43-31-15-27-37(50(74)54(80-10)21(2)46(27)70)35(18-62-57(77)24(5)61)68(31)33(17-60)44(41)66(43)8/h24-25,29-35,41-44,64H,13-15,18-19,61H2,1-12H3,(H,62,77)(H,63,78). The highest BCUT2D eigenvalue weighted by Gasteiger charge is 2.64. The first kappa shape index (κ1) is 57.4. The highest BCUT2D eigenvalue weighted by atomic mass is 16.5. The van der Waals surface area contributed by atoms with Crippen molar-refractivity contribution in [3.63, 3.8) is 0 Å². The van der Waals surface area contributed by atoms with E-state index in [2.05, 4.69) is 28.1 Å². The minimum Gasteiger partial charge on any atom is -0.492 e. The van der Waals surface area contributed by atoms with E-state index < -0.39 is 143 Å². The molecule has 82 heavy (non-hydrogen) atoms. The number of allylic oxidation sites excluding steroid dienone is 8. The number of rotatable bonds is 12. The van der Waals surface area contributed by atoms with Crippen LogP contribution >= 0.6 is 0 Å². The molecule has 4 aliphatic carbocycles. The van der Waals surface area contributed by atoms with E-state index in [4.69, 9.17) is 24.7 Å². The summed E-state index contributed by atoms with van der Waals surface area (Å²) >= 11 is 0. The maximum Gasteiger partial charge on any atom is 0.236 e. The minimum atomic E-state index is -1.31. The van der Waals surface area contributed by atoms with Crippen molar-refractivity contribution < 1.29 is 66.9 Å². The van der Waals surface area contributed by atoms with E-state index in [9.17, 15) is 48.9 Å². The fraction of sp³-hybridized carbons (Fsp3) is 0.517. The topological polar surface area (TPSA) is 330 Å². The number of Topliss-reactive ketones (excluding diaryl/α,β-unsaturated/α-hetero) is 8. The van der Waals surface area contributed by atoms with E-state index in [1.54, 1.807) is 28.8 Å². The summed E-state index contributed by atoms with van der Waals surface area (Å²) in [5.74, 6) is -6.60. The second-order valence-electron chi connectivity index (χ2n) is 22.5. The van der Waals surface area contributed by atoms with Crippen molar-refractivity contribution in [2.75, 3.05) is 55.6 Å². The van der Waals surface area contributed by atoms with Crippen LogP contribution in [0.1, 0.15) is 60.8 Å². The second kappa shape index (κ2) is 20.9. The third kappa shape index (κ3) is 7.97. The SMILES string of the molecule is COC1=C(C)C(=O)C2=C(C1=O)C1C3CC4=C(C(=O)C(OC)=C(C)C4=O)C(CNC(=O)C(C)NC4C5=C(C(=O)C(OC)=C(C)C5=O)C5C6CC7=C(C(=O)C(OC)=C(C)C7=O)C(CNC(=O)C(C)N)N6C(C#N)C4N5C)N3C(C#N)C(C2)N1C. The van der Waals surface area contributed by atoms with Gasteiger partial charge in [-0.2, -0.15) is 10.5 Å². The maximum atomic E-state index is 15.0. The second-order valence-corrected chi connectivity index (χ2v) is 22.5. The quantitative estimate of drug-likeness (QED) is 0.168. The van der Waals surface area contributed by atoms with Crippen LogP contribution in [0.4, 0.5) is 0 Å². The van der Waals surface area contributed by atoms with Gasteiger partial charge in [-0.3, -0.25) is 72.9 Å². The molecule has 0 aromatic heterocycles. The Bertz CT molecular complexity index is 3450. The molecule has 24 nitrogen and oxygen atoms in total. The number of nitrogens with two attached hydrogens (primary N) is 1. The first-order chi connectivity index (χ1) is 38.9. The number of nitriles is 2. The number of amides is 2. The minimum absolute atomic E-state index is 0.0104. The maximum absolute atomic E-state index is 15.0. The molecule has 0 spiro atoms. The number of ether oxygens (including phenoxy) is 4. The van der Waals surface area contributed by atoms with Crippen molar-refractivity contribution in [1.82, 2.24) is 35.6 Å². The molecule has 10 aliphatic rings. The third-order valence-electron chi connectivity index (χ3n) is 18.7. The molecule has 2 fully saturated rings. The number of nitrogens with zero attached hydrogens (tertiary/aromatic N) is 6. The van der Waals surface area contributed by atoms with Crippen LogP contribution in [0.5, 0.6) is 0 Å².